The molecule has 0 radical (unpaired) electrons. The SMILES string of the molecule is COC(O)C(c1ccccc1Cl)N1CCC(SSc2ccc(Cl)nn2)/C(=C\C(=O)O)C1. The van der Waals surface area contributed by atoms with Crippen molar-refractivity contribution in [3.8, 4) is 0 Å². The van der Waals surface area contributed by atoms with Gasteiger partial charge in [0.2, 0.25) is 0 Å². The summed E-state index contributed by atoms with van der Waals surface area (Å²) in [4.78, 5) is 13.5. The Bertz CT molecular complexity index is 933. The van der Waals surface area contributed by atoms with E-state index in [1.54, 1.807) is 18.2 Å². The second-order valence-electron chi connectivity index (χ2n) is 6.77. The van der Waals surface area contributed by atoms with E-state index < -0.39 is 18.3 Å². The van der Waals surface area contributed by atoms with Crippen molar-refractivity contribution in [2.75, 3.05) is 20.2 Å². The number of piperidine rings is 1. The molecule has 1 fully saturated rings. The van der Waals surface area contributed by atoms with E-state index in [0.717, 1.165) is 11.1 Å². The summed E-state index contributed by atoms with van der Waals surface area (Å²) in [6, 6.07) is 10.2. The third kappa shape index (κ3) is 6.58. The molecule has 1 saturated heterocycles. The van der Waals surface area contributed by atoms with Crippen LogP contribution in [0.4, 0.5) is 0 Å². The van der Waals surface area contributed by atoms with Crippen LogP contribution in [0.3, 0.4) is 0 Å². The van der Waals surface area contributed by atoms with Gasteiger partial charge in [0, 0.05) is 36.5 Å². The number of nitrogens with zero attached hydrogens (tertiary/aromatic N) is 3. The van der Waals surface area contributed by atoms with E-state index >= 15 is 0 Å². The Hall–Kier alpha value is -1.33. The van der Waals surface area contributed by atoms with E-state index in [2.05, 4.69) is 10.2 Å². The first kappa shape index (κ1) is 24.3. The van der Waals surface area contributed by atoms with E-state index in [4.69, 9.17) is 27.9 Å². The van der Waals surface area contributed by atoms with Gasteiger partial charge in [-0.05, 0) is 46.6 Å². The Kier molecular flexibility index (Phi) is 9.03. The fourth-order valence-electron chi connectivity index (χ4n) is 3.36. The monoisotopic (exact) mass is 501 g/mol. The molecule has 1 aromatic carbocycles. The van der Waals surface area contributed by atoms with Crippen LogP contribution in [0, 0.1) is 0 Å². The van der Waals surface area contributed by atoms with Crippen LogP contribution in [0.1, 0.15) is 18.0 Å². The minimum absolute atomic E-state index is 0.0404. The highest BCUT2D eigenvalue weighted by molar-refractivity contribution is 8.77. The molecule has 0 spiro atoms. The first-order valence-electron chi connectivity index (χ1n) is 9.34. The number of aliphatic hydroxyl groups excluding tert-OH is 1. The van der Waals surface area contributed by atoms with Crippen molar-refractivity contribution >= 4 is 50.8 Å². The number of hydrogen-bond donors (Lipinski definition) is 2. The van der Waals surface area contributed by atoms with Crippen LogP contribution in [-0.2, 0) is 9.53 Å². The summed E-state index contributed by atoms with van der Waals surface area (Å²) >= 11 is 12.2. The molecule has 0 aliphatic carbocycles. The molecule has 1 aromatic heterocycles. The minimum Gasteiger partial charge on any atom is -0.478 e. The van der Waals surface area contributed by atoms with Crippen LogP contribution in [0.5, 0.6) is 0 Å². The molecule has 3 atom stereocenters. The second kappa shape index (κ2) is 11.5. The minimum atomic E-state index is -1.12. The number of hydrogen-bond acceptors (Lipinski definition) is 8. The molecule has 2 N–H and O–H groups in total. The number of aliphatic carboxylic acids is 1. The van der Waals surface area contributed by atoms with Crippen molar-refractivity contribution in [3.63, 3.8) is 0 Å². The third-order valence-electron chi connectivity index (χ3n) is 4.77. The van der Waals surface area contributed by atoms with E-state index in [9.17, 15) is 15.0 Å². The number of methoxy groups -OCH3 is 1. The van der Waals surface area contributed by atoms with Crippen molar-refractivity contribution in [1.29, 1.82) is 0 Å². The van der Waals surface area contributed by atoms with Crippen molar-refractivity contribution in [1.82, 2.24) is 15.1 Å². The molecule has 3 rings (SSSR count). The highest BCUT2D eigenvalue weighted by Gasteiger charge is 2.35. The van der Waals surface area contributed by atoms with E-state index in [-0.39, 0.29) is 5.25 Å². The number of aromatic nitrogens is 2. The molecule has 0 amide bonds. The van der Waals surface area contributed by atoms with Crippen molar-refractivity contribution in [3.05, 3.63) is 63.8 Å². The lowest BCUT2D eigenvalue weighted by Gasteiger charge is -2.40. The van der Waals surface area contributed by atoms with Gasteiger partial charge in [-0.3, -0.25) is 4.90 Å². The number of ether oxygens (including phenoxy) is 1. The van der Waals surface area contributed by atoms with Gasteiger partial charge in [-0.15, -0.1) is 10.2 Å². The van der Waals surface area contributed by atoms with Gasteiger partial charge in [0.05, 0.1) is 6.04 Å². The molecule has 1 aliphatic heterocycles. The average molecular weight is 502 g/mol. The normalized spacial score (nSPS) is 20.5. The van der Waals surface area contributed by atoms with E-state index in [1.165, 1.54) is 34.8 Å². The number of halogens is 2. The van der Waals surface area contributed by atoms with Gasteiger partial charge >= 0.3 is 5.97 Å². The molecule has 2 aromatic rings. The Morgan fingerprint density at radius 1 is 1.29 bits per heavy atom. The fourth-order valence-corrected chi connectivity index (χ4v) is 6.16. The van der Waals surface area contributed by atoms with Gasteiger partial charge in [0.1, 0.15) is 5.03 Å². The maximum absolute atomic E-state index is 11.5. The second-order valence-corrected chi connectivity index (χ2v) is 9.99. The van der Waals surface area contributed by atoms with Crippen LogP contribution in [0.15, 0.2) is 53.1 Å². The van der Waals surface area contributed by atoms with Crippen molar-refractivity contribution in [2.24, 2.45) is 0 Å². The molecular formula is C20H21Cl2N3O4S2. The molecule has 7 nitrogen and oxygen atoms in total. The summed E-state index contributed by atoms with van der Waals surface area (Å²) in [5, 5.41) is 29.3. The predicted octanol–water partition coefficient (Wildman–Crippen LogP) is 4.32. The zero-order valence-corrected chi connectivity index (χ0v) is 19.7. The topological polar surface area (TPSA) is 95.8 Å². The Morgan fingerprint density at radius 3 is 2.71 bits per heavy atom. The van der Waals surface area contributed by atoms with Crippen LogP contribution in [0.2, 0.25) is 10.2 Å². The molecule has 1 aliphatic rings. The smallest absolute Gasteiger partial charge is 0.328 e. The van der Waals surface area contributed by atoms with Crippen LogP contribution in [0.25, 0.3) is 0 Å². The van der Waals surface area contributed by atoms with E-state index in [1.807, 2.05) is 23.1 Å². The lowest BCUT2D eigenvalue weighted by Crippen LogP contribution is -2.44. The number of carbonyl (C=O) groups is 1. The largest absolute Gasteiger partial charge is 0.478 e. The highest BCUT2D eigenvalue weighted by atomic mass is 35.5. The fraction of sp³-hybridized carbons (Fsp3) is 0.350. The number of likely N-dealkylation sites (tertiary alicyclic amines) is 1. The van der Waals surface area contributed by atoms with Gasteiger partial charge < -0.3 is 14.9 Å². The quantitative estimate of drug-likeness (QED) is 0.311. The molecular weight excluding hydrogens is 481 g/mol. The van der Waals surface area contributed by atoms with Crippen molar-refractivity contribution < 1.29 is 19.7 Å². The maximum atomic E-state index is 11.5. The number of carboxylic acid groups (broad SMARTS) is 1. The average Bonchev–Trinajstić information content (AvgIpc) is 2.75. The van der Waals surface area contributed by atoms with Gasteiger partial charge in [-0.25, -0.2) is 4.79 Å². The molecule has 2 heterocycles. The maximum Gasteiger partial charge on any atom is 0.328 e. The van der Waals surface area contributed by atoms with Crippen LogP contribution < -0.4 is 0 Å². The molecule has 166 valence electrons. The van der Waals surface area contributed by atoms with Crippen molar-refractivity contribution in [2.45, 2.75) is 29.0 Å². The molecule has 3 unspecified atom stereocenters. The first-order chi connectivity index (χ1) is 14.9. The summed E-state index contributed by atoms with van der Waals surface area (Å²) in [5.41, 5.74) is 1.46. The van der Waals surface area contributed by atoms with Gasteiger partial charge in [0.25, 0.3) is 0 Å². The van der Waals surface area contributed by atoms with E-state index in [0.29, 0.717) is 34.7 Å². The van der Waals surface area contributed by atoms with Gasteiger partial charge in [-0.1, -0.05) is 52.2 Å². The van der Waals surface area contributed by atoms with Gasteiger partial charge in [-0.2, -0.15) is 0 Å². The summed E-state index contributed by atoms with van der Waals surface area (Å²) in [6.07, 6.45) is 0.796. The number of carboxylic acids is 1. The summed E-state index contributed by atoms with van der Waals surface area (Å²) < 4.78 is 5.22. The first-order valence-corrected chi connectivity index (χ1v) is 12.3. The summed E-state index contributed by atoms with van der Waals surface area (Å²) in [7, 11) is 4.37. The molecule has 0 bridgehead atoms. The van der Waals surface area contributed by atoms with Crippen LogP contribution in [-0.4, -0.2) is 63.0 Å². The molecule has 11 heteroatoms. The standard InChI is InChI=1S/C20H21Cl2N3O4S2/c1-29-20(28)19(13-4-2-3-5-14(13)21)25-9-8-15(12(11-25)10-18(26)27)30-31-17-7-6-16(22)23-24-17/h2-7,10,15,19-20,28H,8-9,11H2,1H3,(H,26,27)/b12-10-. The third-order valence-corrected chi connectivity index (χ3v) is 8.07. The number of rotatable bonds is 8. The number of aliphatic hydroxyl groups is 1. The Labute approximate surface area is 198 Å². The molecule has 0 saturated carbocycles. The number of benzene rings is 1. The lowest BCUT2D eigenvalue weighted by atomic mass is 9.97. The lowest BCUT2D eigenvalue weighted by molar-refractivity contribution is -0.131. The molecule has 31 heavy (non-hydrogen) atoms. The van der Waals surface area contributed by atoms with Gasteiger partial charge in [0.15, 0.2) is 11.4 Å². The Morgan fingerprint density at radius 2 is 2.06 bits per heavy atom. The highest BCUT2D eigenvalue weighted by Crippen LogP contribution is 2.42. The summed E-state index contributed by atoms with van der Waals surface area (Å²) in [5.74, 6) is -1.01. The zero-order valence-electron chi connectivity index (χ0n) is 16.5. The van der Waals surface area contributed by atoms with Crippen LogP contribution >= 0.6 is 44.8 Å². The summed E-state index contributed by atoms with van der Waals surface area (Å²) in [6.45, 7) is 0.977. The zero-order chi connectivity index (χ0) is 22.4. The Balaban J connectivity index is 1.79. The predicted molar refractivity (Wildman–Crippen MR) is 123 cm³/mol.